The SMILES string of the molecule is CC(C)(CC(=O)c1ccc(O)cc1)CC(=O)c1ccc(O)cc1. The minimum Gasteiger partial charge on any atom is -0.508 e. The number of hydrogen-bond donors (Lipinski definition) is 2. The van der Waals surface area contributed by atoms with Crippen molar-refractivity contribution in [1.29, 1.82) is 0 Å². The standard InChI is InChI=1S/C19H20O4/c1-19(2,11-17(22)13-3-7-15(20)8-4-13)12-18(23)14-5-9-16(21)10-6-14/h3-10,20-21H,11-12H2,1-2H3. The van der Waals surface area contributed by atoms with E-state index in [0.29, 0.717) is 11.1 Å². The van der Waals surface area contributed by atoms with Gasteiger partial charge in [0.25, 0.3) is 0 Å². The maximum absolute atomic E-state index is 12.3. The number of carbonyl (C=O) groups excluding carboxylic acids is 2. The van der Waals surface area contributed by atoms with E-state index in [0.717, 1.165) is 0 Å². The zero-order chi connectivity index (χ0) is 17.0. The summed E-state index contributed by atoms with van der Waals surface area (Å²) in [5.41, 5.74) is 0.560. The minimum atomic E-state index is -0.482. The number of phenolic OH excluding ortho intramolecular Hbond substituents is 2. The molecular weight excluding hydrogens is 292 g/mol. The summed E-state index contributed by atoms with van der Waals surface area (Å²) in [7, 11) is 0. The number of Topliss-reactive ketones (excluding diaryl/α,β-unsaturated/α-hetero) is 2. The first-order valence-corrected chi connectivity index (χ1v) is 7.41. The summed E-state index contributed by atoms with van der Waals surface area (Å²) in [6.45, 7) is 3.76. The van der Waals surface area contributed by atoms with E-state index in [2.05, 4.69) is 0 Å². The summed E-state index contributed by atoms with van der Waals surface area (Å²) < 4.78 is 0. The normalized spacial score (nSPS) is 11.2. The van der Waals surface area contributed by atoms with Crippen LogP contribution in [0, 0.1) is 5.41 Å². The van der Waals surface area contributed by atoms with Gasteiger partial charge >= 0.3 is 0 Å². The maximum Gasteiger partial charge on any atom is 0.163 e. The maximum atomic E-state index is 12.3. The molecule has 0 unspecified atom stereocenters. The molecule has 0 saturated heterocycles. The second kappa shape index (κ2) is 6.65. The van der Waals surface area contributed by atoms with Crippen LogP contribution in [-0.2, 0) is 0 Å². The molecule has 0 bridgehead atoms. The van der Waals surface area contributed by atoms with Crippen LogP contribution < -0.4 is 0 Å². The van der Waals surface area contributed by atoms with Crippen molar-refractivity contribution in [2.75, 3.05) is 0 Å². The zero-order valence-electron chi connectivity index (χ0n) is 13.2. The van der Waals surface area contributed by atoms with Crippen molar-refractivity contribution in [2.24, 2.45) is 5.41 Å². The van der Waals surface area contributed by atoms with Crippen LogP contribution in [0.4, 0.5) is 0 Å². The molecule has 23 heavy (non-hydrogen) atoms. The van der Waals surface area contributed by atoms with Gasteiger partial charge in [-0.2, -0.15) is 0 Å². The molecule has 4 heteroatoms. The molecule has 0 amide bonds. The summed E-state index contributed by atoms with van der Waals surface area (Å²) in [5, 5.41) is 18.5. The highest BCUT2D eigenvalue weighted by molar-refractivity contribution is 5.99. The molecular formula is C19H20O4. The van der Waals surface area contributed by atoms with E-state index in [1.54, 1.807) is 24.3 Å². The van der Waals surface area contributed by atoms with Gasteiger partial charge in [-0.25, -0.2) is 0 Å². The fourth-order valence-electron chi connectivity index (χ4n) is 2.43. The van der Waals surface area contributed by atoms with E-state index >= 15 is 0 Å². The Kier molecular flexibility index (Phi) is 4.84. The minimum absolute atomic E-state index is 0.0616. The van der Waals surface area contributed by atoms with Gasteiger partial charge in [-0.15, -0.1) is 0 Å². The molecule has 0 aliphatic heterocycles. The lowest BCUT2D eigenvalue weighted by molar-refractivity contribution is 0.0869. The van der Waals surface area contributed by atoms with Crippen LogP contribution in [0.1, 0.15) is 47.4 Å². The number of hydrogen-bond acceptors (Lipinski definition) is 4. The zero-order valence-corrected chi connectivity index (χ0v) is 13.2. The predicted molar refractivity (Wildman–Crippen MR) is 87.9 cm³/mol. The Balaban J connectivity index is 2.03. The summed E-state index contributed by atoms with van der Waals surface area (Å²) in [6.07, 6.45) is 0.475. The van der Waals surface area contributed by atoms with Gasteiger partial charge < -0.3 is 10.2 Å². The lowest BCUT2D eigenvalue weighted by atomic mass is 9.80. The first kappa shape index (κ1) is 16.7. The molecule has 0 aliphatic rings. The molecule has 0 aliphatic carbocycles. The lowest BCUT2D eigenvalue weighted by Gasteiger charge is -2.23. The number of rotatable bonds is 6. The van der Waals surface area contributed by atoms with E-state index < -0.39 is 5.41 Å². The van der Waals surface area contributed by atoms with Gasteiger partial charge in [-0.1, -0.05) is 13.8 Å². The molecule has 0 radical (unpaired) electrons. The van der Waals surface area contributed by atoms with Gasteiger partial charge in [0.15, 0.2) is 11.6 Å². The van der Waals surface area contributed by atoms with Crippen molar-refractivity contribution in [3.05, 3.63) is 59.7 Å². The molecule has 120 valence electrons. The summed E-state index contributed by atoms with van der Waals surface area (Å²) in [4.78, 5) is 24.6. The number of phenols is 2. The first-order chi connectivity index (χ1) is 10.8. The molecule has 0 fully saturated rings. The summed E-state index contributed by atoms with van der Waals surface area (Å²) in [6, 6.07) is 12.2. The van der Waals surface area contributed by atoms with Crippen LogP contribution in [0.15, 0.2) is 48.5 Å². The molecule has 2 aromatic rings. The Morgan fingerprint density at radius 3 is 1.35 bits per heavy atom. The third-order valence-electron chi connectivity index (χ3n) is 3.66. The van der Waals surface area contributed by atoms with Gasteiger partial charge in [-0.3, -0.25) is 9.59 Å². The number of carbonyl (C=O) groups is 2. The van der Waals surface area contributed by atoms with Crippen molar-refractivity contribution in [3.8, 4) is 11.5 Å². The second-order valence-corrected chi connectivity index (χ2v) is 6.46. The monoisotopic (exact) mass is 312 g/mol. The summed E-state index contributed by atoms with van der Waals surface area (Å²) >= 11 is 0. The Labute approximate surface area is 135 Å². The average molecular weight is 312 g/mol. The Morgan fingerprint density at radius 2 is 1.04 bits per heavy atom. The highest BCUT2D eigenvalue weighted by Crippen LogP contribution is 2.29. The van der Waals surface area contributed by atoms with E-state index in [1.807, 2.05) is 13.8 Å². The number of ketones is 2. The largest absolute Gasteiger partial charge is 0.508 e. The van der Waals surface area contributed by atoms with Gasteiger partial charge in [-0.05, 0) is 53.9 Å². The van der Waals surface area contributed by atoms with Crippen LogP contribution in [0.2, 0.25) is 0 Å². The van der Waals surface area contributed by atoms with E-state index in [4.69, 9.17) is 0 Å². The van der Waals surface area contributed by atoms with Crippen LogP contribution in [0.5, 0.6) is 11.5 Å². The lowest BCUT2D eigenvalue weighted by Crippen LogP contribution is -2.21. The van der Waals surface area contributed by atoms with Gasteiger partial charge in [0.1, 0.15) is 11.5 Å². The fourth-order valence-corrected chi connectivity index (χ4v) is 2.43. The average Bonchev–Trinajstić information content (AvgIpc) is 2.47. The van der Waals surface area contributed by atoms with Crippen LogP contribution in [-0.4, -0.2) is 21.8 Å². The van der Waals surface area contributed by atoms with E-state index in [-0.39, 0.29) is 35.9 Å². The van der Waals surface area contributed by atoms with Crippen molar-refractivity contribution >= 4 is 11.6 Å². The first-order valence-electron chi connectivity index (χ1n) is 7.41. The smallest absolute Gasteiger partial charge is 0.163 e. The molecule has 0 spiro atoms. The Bertz CT molecular complexity index is 636. The number of aromatic hydroxyl groups is 2. The molecule has 0 saturated carbocycles. The number of benzene rings is 2. The molecule has 0 heterocycles. The van der Waals surface area contributed by atoms with Crippen LogP contribution >= 0.6 is 0 Å². The van der Waals surface area contributed by atoms with Gasteiger partial charge in [0.2, 0.25) is 0 Å². The Morgan fingerprint density at radius 1 is 0.739 bits per heavy atom. The van der Waals surface area contributed by atoms with Crippen LogP contribution in [0.25, 0.3) is 0 Å². The molecule has 2 N–H and O–H groups in total. The van der Waals surface area contributed by atoms with Crippen molar-refractivity contribution in [1.82, 2.24) is 0 Å². The summed E-state index contributed by atoms with van der Waals surface area (Å²) in [5.74, 6) is 0.105. The fraction of sp³-hybridized carbons (Fsp3) is 0.263. The molecule has 2 aromatic carbocycles. The second-order valence-electron chi connectivity index (χ2n) is 6.46. The third-order valence-corrected chi connectivity index (χ3v) is 3.66. The molecule has 2 rings (SSSR count). The topological polar surface area (TPSA) is 74.6 Å². The quantitative estimate of drug-likeness (QED) is 0.791. The van der Waals surface area contributed by atoms with E-state index in [1.165, 1.54) is 24.3 Å². The van der Waals surface area contributed by atoms with Crippen molar-refractivity contribution in [2.45, 2.75) is 26.7 Å². The Hall–Kier alpha value is -2.62. The van der Waals surface area contributed by atoms with Crippen molar-refractivity contribution < 1.29 is 19.8 Å². The van der Waals surface area contributed by atoms with Crippen LogP contribution in [0.3, 0.4) is 0 Å². The predicted octanol–water partition coefficient (Wildman–Crippen LogP) is 3.97. The van der Waals surface area contributed by atoms with E-state index in [9.17, 15) is 19.8 Å². The van der Waals surface area contributed by atoms with Gasteiger partial charge in [0, 0.05) is 24.0 Å². The molecule has 0 atom stereocenters. The molecule has 0 aromatic heterocycles. The third kappa shape index (κ3) is 4.68. The molecule has 4 nitrogen and oxygen atoms in total. The van der Waals surface area contributed by atoms with Crippen molar-refractivity contribution in [3.63, 3.8) is 0 Å². The highest BCUT2D eigenvalue weighted by atomic mass is 16.3. The highest BCUT2D eigenvalue weighted by Gasteiger charge is 2.26. The van der Waals surface area contributed by atoms with Gasteiger partial charge in [0.05, 0.1) is 0 Å².